The van der Waals surface area contributed by atoms with Crippen molar-refractivity contribution >= 4 is 23.2 Å². The molecule has 8 nitrogen and oxygen atoms in total. The number of benzene rings is 2. The monoisotopic (exact) mass is 552 g/mol. The Balaban J connectivity index is 1.20. The average molecular weight is 553 g/mol. The number of carbonyl (C=O) groups is 2. The van der Waals surface area contributed by atoms with Crippen molar-refractivity contribution in [1.29, 1.82) is 0 Å². The predicted molar refractivity (Wildman–Crippen MR) is 158 cm³/mol. The molecule has 0 saturated carbocycles. The summed E-state index contributed by atoms with van der Waals surface area (Å²) in [5.41, 5.74) is 4.85. The number of piperidine rings is 1. The van der Waals surface area contributed by atoms with E-state index in [4.69, 9.17) is 14.5 Å². The van der Waals surface area contributed by atoms with Gasteiger partial charge in [-0.3, -0.25) is 9.59 Å². The van der Waals surface area contributed by atoms with E-state index in [1.165, 1.54) is 5.56 Å². The van der Waals surface area contributed by atoms with Crippen LogP contribution in [0.1, 0.15) is 53.2 Å². The van der Waals surface area contributed by atoms with Gasteiger partial charge in [-0.1, -0.05) is 36.4 Å². The first-order chi connectivity index (χ1) is 20.0. The number of nitrogens with zero attached hydrogens (tertiary/aromatic N) is 2. The van der Waals surface area contributed by atoms with Gasteiger partial charge < -0.3 is 25.0 Å². The summed E-state index contributed by atoms with van der Waals surface area (Å²) in [6.45, 7) is 4.36. The SMILES string of the molecule is CC(=O)N1C[C@@H]2C=C(c3cnc(NCc4ccc5c(c4)OCC5)c(C(=O)NCCOc4ccccc4)c3)C[C@H]1CC2. The van der Waals surface area contributed by atoms with Crippen molar-refractivity contribution in [3.8, 4) is 11.5 Å². The van der Waals surface area contributed by atoms with Crippen LogP contribution in [-0.4, -0.2) is 54.0 Å². The van der Waals surface area contributed by atoms with Crippen molar-refractivity contribution < 1.29 is 19.1 Å². The number of hydrogen-bond donors (Lipinski definition) is 2. The van der Waals surface area contributed by atoms with Crippen LogP contribution in [0.4, 0.5) is 5.82 Å². The third-order valence-electron chi connectivity index (χ3n) is 8.16. The van der Waals surface area contributed by atoms with Gasteiger partial charge in [0.25, 0.3) is 5.91 Å². The second-order valence-corrected chi connectivity index (χ2v) is 11.0. The fourth-order valence-corrected chi connectivity index (χ4v) is 6.02. The zero-order chi connectivity index (χ0) is 28.2. The smallest absolute Gasteiger partial charge is 0.255 e. The van der Waals surface area contributed by atoms with Gasteiger partial charge in [0.2, 0.25) is 5.91 Å². The molecule has 3 aromatic rings. The summed E-state index contributed by atoms with van der Waals surface area (Å²) in [5.74, 6) is 2.46. The molecule has 8 heteroatoms. The Morgan fingerprint density at radius 3 is 2.85 bits per heavy atom. The second kappa shape index (κ2) is 12.0. The van der Waals surface area contributed by atoms with Crippen molar-refractivity contribution in [2.45, 2.75) is 45.2 Å². The Kier molecular flexibility index (Phi) is 7.89. The van der Waals surface area contributed by atoms with E-state index in [9.17, 15) is 9.59 Å². The fraction of sp³-hybridized carbons (Fsp3) is 0.364. The molecular formula is C33H36N4O4. The van der Waals surface area contributed by atoms with Crippen LogP contribution in [0.2, 0.25) is 0 Å². The number of anilines is 1. The van der Waals surface area contributed by atoms with Crippen molar-refractivity contribution in [2.75, 3.05) is 31.6 Å². The molecule has 7 rings (SSSR count). The van der Waals surface area contributed by atoms with E-state index in [1.54, 1.807) is 6.92 Å². The number of nitrogens with one attached hydrogen (secondary N) is 2. The van der Waals surface area contributed by atoms with E-state index in [2.05, 4.69) is 34.9 Å². The first-order valence-corrected chi connectivity index (χ1v) is 14.5. The first kappa shape index (κ1) is 26.9. The normalized spacial score (nSPS) is 19.0. The Morgan fingerprint density at radius 1 is 1.12 bits per heavy atom. The lowest BCUT2D eigenvalue weighted by molar-refractivity contribution is -0.132. The zero-order valence-electron chi connectivity index (χ0n) is 23.4. The van der Waals surface area contributed by atoms with Crippen LogP contribution in [0.5, 0.6) is 11.5 Å². The molecule has 1 saturated heterocycles. The topological polar surface area (TPSA) is 92.8 Å². The highest BCUT2D eigenvalue weighted by Crippen LogP contribution is 2.37. The van der Waals surface area contributed by atoms with E-state index in [0.29, 0.717) is 37.0 Å². The van der Waals surface area contributed by atoms with Gasteiger partial charge in [0, 0.05) is 38.7 Å². The minimum Gasteiger partial charge on any atom is -0.493 e. The van der Waals surface area contributed by atoms with Gasteiger partial charge >= 0.3 is 0 Å². The predicted octanol–water partition coefficient (Wildman–Crippen LogP) is 4.85. The molecule has 0 radical (unpaired) electrons. The molecule has 41 heavy (non-hydrogen) atoms. The molecule has 1 fully saturated rings. The summed E-state index contributed by atoms with van der Waals surface area (Å²) in [5, 5.41) is 6.38. The Hall–Kier alpha value is -4.33. The molecule has 0 spiro atoms. The molecule has 2 atom stereocenters. The number of aromatic nitrogens is 1. The minimum absolute atomic E-state index is 0.127. The molecule has 2 N–H and O–H groups in total. The van der Waals surface area contributed by atoms with Crippen LogP contribution < -0.4 is 20.1 Å². The molecule has 2 amide bonds. The summed E-state index contributed by atoms with van der Waals surface area (Å²) in [6.07, 6.45) is 7.91. The van der Waals surface area contributed by atoms with Crippen LogP contribution in [0.15, 0.2) is 66.9 Å². The number of hydrogen-bond acceptors (Lipinski definition) is 6. The summed E-state index contributed by atoms with van der Waals surface area (Å²) in [4.78, 5) is 32.5. The lowest BCUT2D eigenvalue weighted by Crippen LogP contribution is -2.44. The zero-order valence-corrected chi connectivity index (χ0v) is 23.4. The number of rotatable bonds is 9. The molecule has 1 aromatic heterocycles. The molecule has 2 aromatic carbocycles. The van der Waals surface area contributed by atoms with Crippen molar-refractivity contribution in [3.63, 3.8) is 0 Å². The number of ether oxygens (including phenoxy) is 2. The van der Waals surface area contributed by atoms with Crippen LogP contribution in [0.3, 0.4) is 0 Å². The van der Waals surface area contributed by atoms with E-state index >= 15 is 0 Å². The quantitative estimate of drug-likeness (QED) is 0.369. The minimum atomic E-state index is -0.210. The van der Waals surface area contributed by atoms with Crippen LogP contribution >= 0.6 is 0 Å². The van der Waals surface area contributed by atoms with Crippen molar-refractivity contribution in [2.24, 2.45) is 5.92 Å². The third-order valence-corrected chi connectivity index (χ3v) is 8.16. The van der Waals surface area contributed by atoms with Gasteiger partial charge in [-0.25, -0.2) is 4.98 Å². The lowest BCUT2D eigenvalue weighted by atomic mass is 9.95. The summed E-state index contributed by atoms with van der Waals surface area (Å²) < 4.78 is 11.5. The van der Waals surface area contributed by atoms with Gasteiger partial charge in [0.05, 0.1) is 18.7 Å². The molecule has 3 aliphatic heterocycles. The summed E-state index contributed by atoms with van der Waals surface area (Å²) >= 11 is 0. The lowest BCUT2D eigenvalue weighted by Gasteiger charge is -2.36. The van der Waals surface area contributed by atoms with Gasteiger partial charge in [0.1, 0.15) is 23.9 Å². The standard InChI is InChI=1S/C33H36N4O4/c1-22(38)37-21-24-8-10-28(37)17-26(15-24)27-18-30(33(39)34-12-14-40-29-5-3-2-4-6-29)32(36-20-27)35-19-23-7-9-25-11-13-41-31(25)16-23/h2-7,9,15-16,18,20,24,28H,8,10-14,17,19,21H2,1H3,(H,34,39)(H,35,36)/t24-,28+/m0/s1. The van der Waals surface area contributed by atoms with Crippen LogP contribution in [-0.2, 0) is 17.8 Å². The van der Waals surface area contributed by atoms with Crippen LogP contribution in [0.25, 0.3) is 5.57 Å². The summed E-state index contributed by atoms with van der Waals surface area (Å²) in [7, 11) is 0. The second-order valence-electron chi connectivity index (χ2n) is 11.0. The first-order valence-electron chi connectivity index (χ1n) is 14.5. The Labute approximate surface area is 240 Å². The van der Waals surface area contributed by atoms with Gasteiger partial charge in [-0.15, -0.1) is 0 Å². The number of pyridine rings is 1. The maximum absolute atomic E-state index is 13.5. The molecule has 2 bridgehead atoms. The highest BCUT2D eigenvalue weighted by Gasteiger charge is 2.33. The number of para-hydroxylation sites is 1. The number of fused-ring (bicyclic) bond motifs is 4. The highest BCUT2D eigenvalue weighted by atomic mass is 16.5. The van der Waals surface area contributed by atoms with E-state index in [-0.39, 0.29) is 17.9 Å². The van der Waals surface area contributed by atoms with Crippen molar-refractivity contribution in [3.05, 3.63) is 89.1 Å². The van der Waals surface area contributed by atoms with Crippen LogP contribution in [0, 0.1) is 5.92 Å². The largest absolute Gasteiger partial charge is 0.493 e. The molecule has 1 aliphatic carbocycles. The molecule has 4 aliphatic rings. The Bertz CT molecular complexity index is 1450. The van der Waals surface area contributed by atoms with Gasteiger partial charge in [-0.2, -0.15) is 0 Å². The molecule has 0 unspecified atom stereocenters. The fourth-order valence-electron chi connectivity index (χ4n) is 6.02. The van der Waals surface area contributed by atoms with E-state index in [0.717, 1.165) is 67.0 Å². The van der Waals surface area contributed by atoms with E-state index < -0.39 is 0 Å². The van der Waals surface area contributed by atoms with E-state index in [1.807, 2.05) is 47.5 Å². The van der Waals surface area contributed by atoms with Gasteiger partial charge in [0.15, 0.2) is 0 Å². The maximum Gasteiger partial charge on any atom is 0.255 e. The number of carbonyl (C=O) groups excluding carboxylic acids is 2. The highest BCUT2D eigenvalue weighted by molar-refractivity contribution is 5.99. The molecular weight excluding hydrogens is 516 g/mol. The molecule has 4 heterocycles. The third kappa shape index (κ3) is 6.21. The Morgan fingerprint density at radius 2 is 2.00 bits per heavy atom. The van der Waals surface area contributed by atoms with Crippen molar-refractivity contribution in [1.82, 2.24) is 15.2 Å². The number of amides is 2. The average Bonchev–Trinajstić information content (AvgIpc) is 3.27. The maximum atomic E-state index is 13.5. The molecule has 212 valence electrons. The van der Waals surface area contributed by atoms with Gasteiger partial charge in [-0.05, 0) is 71.7 Å². The summed E-state index contributed by atoms with van der Waals surface area (Å²) in [6, 6.07) is 17.9.